The van der Waals surface area contributed by atoms with E-state index in [9.17, 15) is 9.59 Å². The number of ether oxygens (including phenoxy) is 2. The smallest absolute Gasteiger partial charge is 0.410 e. The van der Waals surface area contributed by atoms with Crippen molar-refractivity contribution < 1.29 is 19.1 Å². The standard InChI is InChI=1S/C20H31NO4/c1-13-10-15(19(3,4)5)11-14(2)17(13)24-16(22)12-21(9)18(23)25-20(6,7)8/h10-11H,12H2,1-9H3. The summed E-state index contributed by atoms with van der Waals surface area (Å²) in [5, 5.41) is 0. The van der Waals surface area contributed by atoms with Crippen molar-refractivity contribution in [3.8, 4) is 5.75 Å². The third kappa shape index (κ3) is 6.40. The van der Waals surface area contributed by atoms with Crippen molar-refractivity contribution in [2.24, 2.45) is 0 Å². The van der Waals surface area contributed by atoms with Gasteiger partial charge in [0.15, 0.2) is 0 Å². The van der Waals surface area contributed by atoms with Crippen LogP contribution < -0.4 is 4.74 Å². The van der Waals surface area contributed by atoms with Gasteiger partial charge < -0.3 is 14.4 Å². The van der Waals surface area contributed by atoms with Gasteiger partial charge in [-0.15, -0.1) is 0 Å². The topological polar surface area (TPSA) is 55.8 Å². The maximum atomic E-state index is 12.2. The first-order valence-electron chi connectivity index (χ1n) is 8.47. The lowest BCUT2D eigenvalue weighted by atomic mass is 9.85. The molecule has 0 heterocycles. The van der Waals surface area contributed by atoms with E-state index in [0.717, 1.165) is 11.1 Å². The number of hydrogen-bond acceptors (Lipinski definition) is 4. The van der Waals surface area contributed by atoms with Crippen LogP contribution in [-0.4, -0.2) is 36.2 Å². The fourth-order valence-electron chi connectivity index (χ4n) is 2.29. The van der Waals surface area contributed by atoms with Gasteiger partial charge in [0, 0.05) is 7.05 Å². The van der Waals surface area contributed by atoms with Gasteiger partial charge in [-0.05, 0) is 56.7 Å². The third-order valence-electron chi connectivity index (χ3n) is 3.61. The van der Waals surface area contributed by atoms with Crippen LogP contribution in [0.15, 0.2) is 12.1 Å². The first kappa shape index (κ1) is 21.0. The van der Waals surface area contributed by atoms with E-state index in [4.69, 9.17) is 9.47 Å². The van der Waals surface area contributed by atoms with Crippen molar-refractivity contribution in [3.63, 3.8) is 0 Å². The number of esters is 1. The number of rotatable bonds is 3. The molecule has 0 spiro atoms. The summed E-state index contributed by atoms with van der Waals surface area (Å²) in [5.41, 5.74) is 2.41. The molecule has 0 unspecified atom stereocenters. The van der Waals surface area contributed by atoms with Gasteiger partial charge >= 0.3 is 12.1 Å². The number of aryl methyl sites for hydroxylation is 2. The molecule has 0 aliphatic rings. The number of hydrogen-bond donors (Lipinski definition) is 0. The van der Waals surface area contributed by atoms with Crippen LogP contribution in [0, 0.1) is 13.8 Å². The van der Waals surface area contributed by atoms with E-state index in [1.807, 2.05) is 26.0 Å². The molecule has 0 fully saturated rings. The highest BCUT2D eigenvalue weighted by atomic mass is 16.6. The van der Waals surface area contributed by atoms with E-state index in [2.05, 4.69) is 20.8 Å². The van der Waals surface area contributed by atoms with Gasteiger partial charge in [-0.1, -0.05) is 32.9 Å². The summed E-state index contributed by atoms with van der Waals surface area (Å²) in [6.45, 7) is 15.4. The molecule has 0 saturated heterocycles. The number of nitrogens with zero attached hydrogens (tertiary/aromatic N) is 1. The summed E-state index contributed by atoms with van der Waals surface area (Å²) < 4.78 is 10.7. The van der Waals surface area contributed by atoms with Crippen LogP contribution >= 0.6 is 0 Å². The van der Waals surface area contributed by atoms with E-state index >= 15 is 0 Å². The second-order valence-electron chi connectivity index (χ2n) is 8.50. The summed E-state index contributed by atoms with van der Waals surface area (Å²) in [7, 11) is 1.51. The van der Waals surface area contributed by atoms with Gasteiger partial charge in [0.05, 0.1) is 0 Å². The molecule has 0 atom stereocenters. The first-order valence-corrected chi connectivity index (χ1v) is 8.47. The Morgan fingerprint density at radius 3 is 1.88 bits per heavy atom. The van der Waals surface area contributed by atoms with E-state index in [-0.39, 0.29) is 12.0 Å². The van der Waals surface area contributed by atoms with Crippen molar-refractivity contribution in [2.45, 2.75) is 66.4 Å². The Bertz CT molecular complexity index is 628. The molecule has 1 amide bonds. The fourth-order valence-corrected chi connectivity index (χ4v) is 2.29. The van der Waals surface area contributed by atoms with Crippen molar-refractivity contribution in [1.29, 1.82) is 0 Å². The quantitative estimate of drug-likeness (QED) is 0.600. The van der Waals surface area contributed by atoms with Crippen LogP contribution in [0.5, 0.6) is 5.75 Å². The summed E-state index contributed by atoms with van der Waals surface area (Å²) in [5.74, 6) is 0.0543. The normalized spacial score (nSPS) is 11.9. The third-order valence-corrected chi connectivity index (χ3v) is 3.61. The minimum absolute atomic E-state index is 0.0228. The summed E-state index contributed by atoms with van der Waals surface area (Å²) in [4.78, 5) is 25.3. The average molecular weight is 349 g/mol. The van der Waals surface area contributed by atoms with Gasteiger partial charge in [0.1, 0.15) is 17.9 Å². The zero-order chi connectivity index (χ0) is 19.6. The number of carbonyl (C=O) groups is 2. The Morgan fingerprint density at radius 1 is 1.00 bits per heavy atom. The number of amides is 1. The molecule has 140 valence electrons. The van der Waals surface area contributed by atoms with E-state index < -0.39 is 17.7 Å². The predicted molar refractivity (Wildman–Crippen MR) is 99.1 cm³/mol. The first-order chi connectivity index (χ1) is 11.2. The van der Waals surface area contributed by atoms with Gasteiger partial charge in [-0.3, -0.25) is 0 Å². The lowest BCUT2D eigenvalue weighted by molar-refractivity contribution is -0.135. The molecular weight excluding hydrogens is 318 g/mol. The van der Waals surface area contributed by atoms with Crippen LogP contribution in [0.4, 0.5) is 4.79 Å². The summed E-state index contributed by atoms with van der Waals surface area (Å²) in [6.07, 6.45) is -0.555. The molecule has 5 heteroatoms. The zero-order valence-electron chi connectivity index (χ0n) is 16.9. The van der Waals surface area contributed by atoms with Crippen molar-refractivity contribution in [3.05, 3.63) is 28.8 Å². The Balaban J connectivity index is 2.83. The van der Waals surface area contributed by atoms with Crippen LogP contribution in [0.3, 0.4) is 0 Å². The lowest BCUT2D eigenvalue weighted by Gasteiger charge is -2.24. The summed E-state index contributed by atoms with van der Waals surface area (Å²) >= 11 is 0. The van der Waals surface area contributed by atoms with Crippen LogP contribution in [-0.2, 0) is 14.9 Å². The molecule has 1 aromatic rings. The number of carbonyl (C=O) groups excluding carboxylic acids is 2. The van der Waals surface area contributed by atoms with Gasteiger partial charge in [0.2, 0.25) is 0 Å². The molecule has 1 aromatic carbocycles. The molecule has 0 aromatic heterocycles. The Labute approximate surface area is 151 Å². The van der Waals surface area contributed by atoms with Crippen LogP contribution in [0.2, 0.25) is 0 Å². The molecular formula is C20H31NO4. The average Bonchev–Trinajstić information content (AvgIpc) is 2.39. The number of benzene rings is 1. The van der Waals surface area contributed by atoms with Crippen LogP contribution in [0.1, 0.15) is 58.2 Å². The Morgan fingerprint density at radius 2 is 1.48 bits per heavy atom. The molecule has 0 aliphatic heterocycles. The monoisotopic (exact) mass is 349 g/mol. The van der Waals surface area contributed by atoms with Gasteiger partial charge in [-0.25, -0.2) is 9.59 Å². The molecule has 0 saturated carbocycles. The SMILES string of the molecule is Cc1cc(C(C)(C)C)cc(C)c1OC(=O)CN(C)C(=O)OC(C)(C)C. The highest BCUT2D eigenvalue weighted by Gasteiger charge is 2.23. The van der Waals surface area contributed by atoms with Crippen molar-refractivity contribution in [2.75, 3.05) is 13.6 Å². The van der Waals surface area contributed by atoms with E-state index in [1.54, 1.807) is 20.8 Å². The second kappa shape index (κ2) is 7.46. The van der Waals surface area contributed by atoms with Crippen LogP contribution in [0.25, 0.3) is 0 Å². The van der Waals surface area contributed by atoms with Crippen molar-refractivity contribution >= 4 is 12.1 Å². The maximum absolute atomic E-state index is 12.2. The van der Waals surface area contributed by atoms with E-state index in [1.165, 1.54) is 17.5 Å². The second-order valence-corrected chi connectivity index (χ2v) is 8.50. The zero-order valence-corrected chi connectivity index (χ0v) is 16.9. The Kier molecular flexibility index (Phi) is 6.27. The summed E-state index contributed by atoms with van der Waals surface area (Å²) in [6, 6.07) is 4.07. The van der Waals surface area contributed by atoms with Gasteiger partial charge in [0.25, 0.3) is 0 Å². The highest BCUT2D eigenvalue weighted by molar-refractivity contribution is 5.80. The highest BCUT2D eigenvalue weighted by Crippen LogP contribution is 2.31. The molecule has 0 N–H and O–H groups in total. The minimum Gasteiger partial charge on any atom is -0.444 e. The number of likely N-dealkylation sites (N-methyl/N-ethyl adjacent to an activating group) is 1. The van der Waals surface area contributed by atoms with E-state index in [0.29, 0.717) is 5.75 Å². The molecule has 0 bridgehead atoms. The molecule has 0 radical (unpaired) electrons. The molecule has 0 aliphatic carbocycles. The predicted octanol–water partition coefficient (Wildman–Crippen LogP) is 4.37. The van der Waals surface area contributed by atoms with Gasteiger partial charge in [-0.2, -0.15) is 0 Å². The fraction of sp³-hybridized carbons (Fsp3) is 0.600. The molecule has 5 nitrogen and oxygen atoms in total. The minimum atomic E-state index is -0.606. The lowest BCUT2D eigenvalue weighted by Crippen LogP contribution is -2.38. The van der Waals surface area contributed by atoms with Crippen molar-refractivity contribution in [1.82, 2.24) is 4.90 Å². The Hall–Kier alpha value is -2.04. The maximum Gasteiger partial charge on any atom is 0.410 e. The molecule has 1 rings (SSSR count). The largest absolute Gasteiger partial charge is 0.444 e. The molecule has 25 heavy (non-hydrogen) atoms.